The van der Waals surface area contributed by atoms with Gasteiger partial charge in [0, 0.05) is 11.5 Å². The molecule has 2 aliphatic rings. The Bertz CT molecular complexity index is 458. The van der Waals surface area contributed by atoms with E-state index >= 15 is 0 Å². The molecule has 0 radical (unpaired) electrons. The van der Waals surface area contributed by atoms with Crippen molar-refractivity contribution in [2.45, 2.75) is 33.1 Å². The topological polar surface area (TPSA) is 52.6 Å². The van der Waals surface area contributed by atoms with Gasteiger partial charge < -0.3 is 43.4 Å². The van der Waals surface area contributed by atoms with Crippen LogP contribution in [0.4, 0.5) is 0 Å². The van der Waals surface area contributed by atoms with Crippen LogP contribution in [0, 0.1) is 11.8 Å². The van der Waals surface area contributed by atoms with Gasteiger partial charge in [-0.05, 0) is 36.0 Å². The highest BCUT2D eigenvalue weighted by Gasteiger charge is 2.27. The number of halogens is 2. The van der Waals surface area contributed by atoms with Crippen molar-refractivity contribution >= 4 is 35.5 Å². The van der Waals surface area contributed by atoms with Crippen molar-refractivity contribution in [2.75, 3.05) is 24.7 Å². The van der Waals surface area contributed by atoms with Crippen LogP contribution in [0.5, 0.6) is 0 Å². The summed E-state index contributed by atoms with van der Waals surface area (Å²) in [6, 6.07) is 0. The average molecular weight is 518 g/mol. The van der Waals surface area contributed by atoms with E-state index in [2.05, 4.69) is 13.2 Å². The molecule has 0 aromatic carbocycles. The van der Waals surface area contributed by atoms with E-state index in [4.69, 9.17) is 9.47 Å². The molecule has 2 fully saturated rings. The van der Waals surface area contributed by atoms with E-state index in [1.54, 1.807) is 23.5 Å². The maximum absolute atomic E-state index is 11.3. The van der Waals surface area contributed by atoms with Gasteiger partial charge in [0.1, 0.15) is 0 Å². The molecule has 0 bridgehead atoms. The first-order valence-corrected chi connectivity index (χ1v) is 9.89. The molecule has 2 atom stereocenters. The lowest BCUT2D eigenvalue weighted by Crippen LogP contribution is -3.00. The summed E-state index contributed by atoms with van der Waals surface area (Å²) in [5.41, 5.74) is 0. The number of allylic oxidation sites excluding steroid dienone is 2. The van der Waals surface area contributed by atoms with Crippen LogP contribution in [-0.4, -0.2) is 36.7 Å². The normalized spacial score (nSPS) is 21.4. The molecule has 0 unspecified atom stereocenters. The Morgan fingerprint density at radius 3 is 1.72 bits per heavy atom. The number of thioether (sulfide) groups is 2. The molecule has 146 valence electrons. The SMILES string of the molecule is C=C1C[C@H](C(=O)OCC)CS1.C=C1C[C@H](C(=O)OCCC)CS1.[Br-].[Br-]. The van der Waals surface area contributed by atoms with Gasteiger partial charge >= 0.3 is 11.9 Å². The maximum atomic E-state index is 11.3. The Hall–Kier alpha value is 0.0800. The second kappa shape index (κ2) is 15.2. The van der Waals surface area contributed by atoms with Crippen molar-refractivity contribution in [3.05, 3.63) is 23.0 Å². The summed E-state index contributed by atoms with van der Waals surface area (Å²) in [5, 5.41) is 0. The molecule has 8 heteroatoms. The van der Waals surface area contributed by atoms with Crippen molar-refractivity contribution in [1.82, 2.24) is 0 Å². The number of hydrogen-bond donors (Lipinski definition) is 0. The Kier molecular flexibility index (Phi) is 16.6. The highest BCUT2D eigenvalue weighted by Crippen LogP contribution is 2.34. The monoisotopic (exact) mass is 516 g/mol. The second-order valence-electron chi connectivity index (χ2n) is 5.42. The van der Waals surface area contributed by atoms with E-state index in [9.17, 15) is 9.59 Å². The molecule has 0 aromatic heterocycles. The van der Waals surface area contributed by atoms with E-state index in [1.165, 1.54) is 0 Å². The first-order valence-electron chi connectivity index (χ1n) is 7.92. The first-order chi connectivity index (χ1) is 11.0. The third kappa shape index (κ3) is 10.7. The van der Waals surface area contributed by atoms with Gasteiger partial charge in [0.15, 0.2) is 0 Å². The summed E-state index contributed by atoms with van der Waals surface area (Å²) < 4.78 is 9.91. The summed E-state index contributed by atoms with van der Waals surface area (Å²) in [6.07, 6.45) is 2.49. The number of ether oxygens (including phenoxy) is 2. The standard InChI is InChI=1S/C9H14O2S.C8H12O2S.2BrH/c1-3-4-11-9(10)8-5-7(2)12-6-8;1-3-10-8(9)7-4-6(2)11-5-7;;/h8H,2-6H2,1H3;7H,2-5H2,1H3;2*1H/p-2/t8-;7-;;/m00../s1. The van der Waals surface area contributed by atoms with Crippen LogP contribution in [0.25, 0.3) is 0 Å². The molecule has 0 aliphatic carbocycles. The molecule has 2 heterocycles. The van der Waals surface area contributed by atoms with Crippen molar-refractivity contribution in [1.29, 1.82) is 0 Å². The van der Waals surface area contributed by atoms with E-state index in [0.717, 1.165) is 40.6 Å². The minimum absolute atomic E-state index is 0. The zero-order valence-electron chi connectivity index (χ0n) is 14.7. The van der Waals surface area contributed by atoms with Crippen molar-refractivity contribution in [3.63, 3.8) is 0 Å². The summed E-state index contributed by atoms with van der Waals surface area (Å²) in [5.74, 6) is 1.70. The molecular formula is C17H26Br2O4S2-2. The fraction of sp³-hybridized carbons (Fsp3) is 0.647. The maximum Gasteiger partial charge on any atom is 0.310 e. The minimum atomic E-state index is -0.0707. The number of rotatable bonds is 5. The fourth-order valence-corrected chi connectivity index (χ4v) is 4.13. The average Bonchev–Trinajstić information content (AvgIpc) is 3.14. The van der Waals surface area contributed by atoms with Gasteiger partial charge in [-0.3, -0.25) is 9.59 Å². The highest BCUT2D eigenvalue weighted by molar-refractivity contribution is 8.03. The third-order valence-electron chi connectivity index (χ3n) is 3.33. The van der Waals surface area contributed by atoms with Crippen LogP contribution in [0.15, 0.2) is 23.0 Å². The van der Waals surface area contributed by atoms with Gasteiger partial charge in [0.25, 0.3) is 0 Å². The van der Waals surface area contributed by atoms with Gasteiger partial charge in [0.2, 0.25) is 0 Å². The fourth-order valence-electron chi connectivity index (χ4n) is 2.11. The van der Waals surface area contributed by atoms with Crippen LogP contribution in [-0.2, 0) is 19.1 Å². The summed E-state index contributed by atoms with van der Waals surface area (Å²) in [6.45, 7) is 12.5. The lowest BCUT2D eigenvalue weighted by molar-refractivity contribution is -0.148. The van der Waals surface area contributed by atoms with E-state index in [1.807, 2.05) is 13.8 Å². The van der Waals surface area contributed by atoms with Crippen molar-refractivity contribution < 1.29 is 53.0 Å². The Labute approximate surface area is 180 Å². The molecule has 2 aliphatic heterocycles. The number of carbonyl (C=O) groups is 2. The summed E-state index contributed by atoms with van der Waals surface area (Å²) in [7, 11) is 0. The summed E-state index contributed by atoms with van der Waals surface area (Å²) >= 11 is 3.34. The Morgan fingerprint density at radius 2 is 1.40 bits per heavy atom. The van der Waals surface area contributed by atoms with Crippen molar-refractivity contribution in [2.24, 2.45) is 11.8 Å². The first kappa shape index (κ1) is 27.3. The Balaban J connectivity index is 0. The number of esters is 2. The van der Waals surface area contributed by atoms with Crippen LogP contribution >= 0.6 is 23.5 Å². The van der Waals surface area contributed by atoms with Gasteiger partial charge in [-0.15, -0.1) is 23.5 Å². The largest absolute Gasteiger partial charge is 1.00 e. The van der Waals surface area contributed by atoms with E-state index in [0.29, 0.717) is 13.2 Å². The second-order valence-corrected chi connectivity index (χ2v) is 7.82. The smallest absolute Gasteiger partial charge is 0.310 e. The third-order valence-corrected chi connectivity index (χ3v) is 5.62. The molecule has 0 aromatic rings. The van der Waals surface area contributed by atoms with Crippen LogP contribution in [0.2, 0.25) is 0 Å². The lowest BCUT2D eigenvalue weighted by atomic mass is 10.1. The van der Waals surface area contributed by atoms with Gasteiger partial charge in [-0.1, -0.05) is 20.1 Å². The van der Waals surface area contributed by atoms with Gasteiger partial charge in [-0.25, -0.2) is 0 Å². The molecule has 0 spiro atoms. The van der Waals surface area contributed by atoms with Gasteiger partial charge in [-0.2, -0.15) is 0 Å². The number of hydrogen-bond acceptors (Lipinski definition) is 6. The van der Waals surface area contributed by atoms with Crippen molar-refractivity contribution in [3.8, 4) is 0 Å². The zero-order valence-corrected chi connectivity index (χ0v) is 19.5. The molecule has 0 N–H and O–H groups in total. The Morgan fingerprint density at radius 1 is 0.960 bits per heavy atom. The number of carbonyl (C=O) groups excluding carboxylic acids is 2. The molecule has 2 rings (SSSR count). The molecule has 2 saturated heterocycles. The molecule has 0 amide bonds. The predicted octanol–water partition coefficient (Wildman–Crippen LogP) is -1.97. The summed E-state index contributed by atoms with van der Waals surface area (Å²) in [4.78, 5) is 24.6. The molecular weight excluding hydrogens is 492 g/mol. The van der Waals surface area contributed by atoms with Crippen LogP contribution in [0.1, 0.15) is 33.1 Å². The molecule has 4 nitrogen and oxygen atoms in total. The van der Waals surface area contributed by atoms with E-state index < -0.39 is 0 Å². The predicted molar refractivity (Wildman–Crippen MR) is 97.3 cm³/mol. The van der Waals surface area contributed by atoms with Crippen LogP contribution in [0.3, 0.4) is 0 Å². The van der Waals surface area contributed by atoms with E-state index in [-0.39, 0.29) is 57.7 Å². The highest BCUT2D eigenvalue weighted by atomic mass is 79.9. The van der Waals surface area contributed by atoms with Crippen LogP contribution < -0.4 is 34.0 Å². The molecule has 25 heavy (non-hydrogen) atoms. The quantitative estimate of drug-likeness (QED) is 0.394. The minimum Gasteiger partial charge on any atom is -1.00 e. The van der Waals surface area contributed by atoms with Gasteiger partial charge in [0.05, 0.1) is 25.0 Å². The lowest BCUT2D eigenvalue weighted by Gasteiger charge is -2.06. The zero-order chi connectivity index (χ0) is 17.2. The molecule has 0 saturated carbocycles.